The van der Waals surface area contributed by atoms with Gasteiger partial charge in [-0.1, -0.05) is 36.4 Å². The SMILES string of the molecule is Cc1cccc(S(=O)(=O)CC(=O)N2CCc3ccccc3C2)c1. The largest absolute Gasteiger partial charge is 0.337 e. The number of nitrogens with zero attached hydrogens (tertiary/aromatic N) is 1. The van der Waals surface area contributed by atoms with Crippen LogP contribution < -0.4 is 0 Å². The average Bonchev–Trinajstić information content (AvgIpc) is 2.54. The molecule has 0 bridgehead atoms. The van der Waals surface area contributed by atoms with Crippen LogP contribution in [0.15, 0.2) is 53.4 Å². The van der Waals surface area contributed by atoms with E-state index in [4.69, 9.17) is 0 Å². The molecular formula is C18H19NO3S. The molecular weight excluding hydrogens is 310 g/mol. The Labute approximate surface area is 136 Å². The van der Waals surface area contributed by atoms with Gasteiger partial charge in [-0.15, -0.1) is 0 Å². The Balaban J connectivity index is 1.75. The molecule has 0 atom stereocenters. The van der Waals surface area contributed by atoms with E-state index >= 15 is 0 Å². The smallest absolute Gasteiger partial charge is 0.238 e. The first-order valence-electron chi connectivity index (χ1n) is 7.60. The van der Waals surface area contributed by atoms with E-state index in [-0.39, 0.29) is 10.8 Å². The predicted octanol–water partition coefficient (Wildman–Crippen LogP) is 2.35. The third kappa shape index (κ3) is 3.45. The maximum absolute atomic E-state index is 12.4. The number of carbonyl (C=O) groups excluding carboxylic acids is 1. The van der Waals surface area contributed by atoms with Gasteiger partial charge in [-0.05, 0) is 42.2 Å². The zero-order valence-electron chi connectivity index (χ0n) is 13.0. The average molecular weight is 329 g/mol. The Morgan fingerprint density at radius 2 is 1.83 bits per heavy atom. The summed E-state index contributed by atoms with van der Waals surface area (Å²) >= 11 is 0. The number of carbonyl (C=O) groups is 1. The van der Waals surface area contributed by atoms with Crippen LogP contribution in [0.1, 0.15) is 16.7 Å². The van der Waals surface area contributed by atoms with Crippen LogP contribution in [0.5, 0.6) is 0 Å². The zero-order valence-corrected chi connectivity index (χ0v) is 13.8. The lowest BCUT2D eigenvalue weighted by Gasteiger charge is -2.28. The molecule has 0 saturated carbocycles. The molecule has 0 spiro atoms. The molecule has 120 valence electrons. The predicted molar refractivity (Wildman–Crippen MR) is 88.8 cm³/mol. The second-order valence-electron chi connectivity index (χ2n) is 5.91. The second-order valence-corrected chi connectivity index (χ2v) is 7.90. The molecule has 0 aromatic heterocycles. The summed E-state index contributed by atoms with van der Waals surface area (Å²) in [5, 5.41) is 0. The Morgan fingerprint density at radius 1 is 1.09 bits per heavy atom. The van der Waals surface area contributed by atoms with Crippen molar-refractivity contribution < 1.29 is 13.2 Å². The van der Waals surface area contributed by atoms with Crippen LogP contribution in [0.25, 0.3) is 0 Å². The molecule has 1 aliphatic rings. The number of sulfone groups is 1. The van der Waals surface area contributed by atoms with E-state index in [1.807, 2.05) is 31.2 Å². The molecule has 1 amide bonds. The van der Waals surface area contributed by atoms with Gasteiger partial charge in [0.15, 0.2) is 9.84 Å². The molecule has 2 aromatic carbocycles. The van der Waals surface area contributed by atoms with Crippen molar-refractivity contribution >= 4 is 15.7 Å². The number of amides is 1. The topological polar surface area (TPSA) is 54.5 Å². The van der Waals surface area contributed by atoms with E-state index in [2.05, 4.69) is 6.07 Å². The quantitative estimate of drug-likeness (QED) is 0.868. The second kappa shape index (κ2) is 6.16. The third-order valence-electron chi connectivity index (χ3n) is 4.15. The molecule has 5 heteroatoms. The Morgan fingerprint density at radius 3 is 2.57 bits per heavy atom. The van der Waals surface area contributed by atoms with E-state index in [0.717, 1.165) is 17.5 Å². The summed E-state index contributed by atoms with van der Waals surface area (Å²) in [5.74, 6) is -0.806. The Hall–Kier alpha value is -2.14. The van der Waals surface area contributed by atoms with Gasteiger partial charge in [0.2, 0.25) is 5.91 Å². The zero-order chi connectivity index (χ0) is 16.4. The monoisotopic (exact) mass is 329 g/mol. The fraction of sp³-hybridized carbons (Fsp3) is 0.278. The highest BCUT2D eigenvalue weighted by Gasteiger charge is 2.26. The lowest BCUT2D eigenvalue weighted by molar-refractivity contribution is -0.129. The standard InChI is InChI=1S/C18H19NO3S/c1-14-5-4-8-17(11-14)23(21,22)13-18(20)19-10-9-15-6-2-3-7-16(15)12-19/h2-8,11H,9-10,12-13H2,1H3. The molecule has 1 heterocycles. The number of hydrogen-bond acceptors (Lipinski definition) is 3. The van der Waals surface area contributed by atoms with Crippen LogP contribution in [-0.2, 0) is 27.6 Å². The van der Waals surface area contributed by atoms with Crippen LogP contribution >= 0.6 is 0 Å². The summed E-state index contributed by atoms with van der Waals surface area (Å²) in [6.45, 7) is 2.89. The first kappa shape index (κ1) is 15.7. The summed E-state index contributed by atoms with van der Waals surface area (Å²) in [7, 11) is -3.60. The van der Waals surface area contributed by atoms with Crippen molar-refractivity contribution in [3.8, 4) is 0 Å². The van der Waals surface area contributed by atoms with Crippen LogP contribution in [0.4, 0.5) is 0 Å². The number of fused-ring (bicyclic) bond motifs is 1. The third-order valence-corrected chi connectivity index (χ3v) is 5.74. The van der Waals surface area contributed by atoms with Gasteiger partial charge in [-0.2, -0.15) is 0 Å². The molecule has 23 heavy (non-hydrogen) atoms. The fourth-order valence-electron chi connectivity index (χ4n) is 2.85. The van der Waals surface area contributed by atoms with E-state index in [1.54, 1.807) is 23.1 Å². The van der Waals surface area contributed by atoms with Gasteiger partial charge >= 0.3 is 0 Å². The van der Waals surface area contributed by atoms with E-state index in [9.17, 15) is 13.2 Å². The minimum absolute atomic E-state index is 0.211. The maximum atomic E-state index is 12.4. The summed E-state index contributed by atoms with van der Waals surface area (Å²) in [5.41, 5.74) is 3.20. The highest BCUT2D eigenvalue weighted by Crippen LogP contribution is 2.20. The summed E-state index contributed by atoms with van der Waals surface area (Å²) < 4.78 is 24.9. The van der Waals surface area contributed by atoms with Crippen molar-refractivity contribution in [1.29, 1.82) is 0 Å². The molecule has 4 nitrogen and oxygen atoms in total. The van der Waals surface area contributed by atoms with Crippen LogP contribution in [0, 0.1) is 6.92 Å². The van der Waals surface area contributed by atoms with Crippen LogP contribution in [0.3, 0.4) is 0 Å². The molecule has 0 unspecified atom stereocenters. The van der Waals surface area contributed by atoms with Crippen molar-refractivity contribution in [2.45, 2.75) is 24.8 Å². The van der Waals surface area contributed by atoms with Gasteiger partial charge in [-0.3, -0.25) is 4.79 Å². The molecule has 0 N–H and O–H groups in total. The molecule has 0 radical (unpaired) electrons. The van der Waals surface area contributed by atoms with Crippen molar-refractivity contribution in [2.75, 3.05) is 12.3 Å². The van der Waals surface area contributed by atoms with Gasteiger partial charge in [0.05, 0.1) is 4.90 Å². The molecule has 0 aliphatic carbocycles. The maximum Gasteiger partial charge on any atom is 0.238 e. The van der Waals surface area contributed by atoms with Crippen molar-refractivity contribution in [3.05, 3.63) is 65.2 Å². The number of rotatable bonds is 3. The van der Waals surface area contributed by atoms with E-state index in [1.165, 1.54) is 5.56 Å². The number of hydrogen-bond donors (Lipinski definition) is 0. The summed E-state index contributed by atoms with van der Waals surface area (Å²) in [6, 6.07) is 14.7. The lowest BCUT2D eigenvalue weighted by atomic mass is 10.00. The molecule has 0 saturated heterocycles. The molecule has 0 fully saturated rings. The number of benzene rings is 2. The molecule has 3 rings (SSSR count). The highest BCUT2D eigenvalue weighted by molar-refractivity contribution is 7.92. The Kier molecular flexibility index (Phi) is 4.22. The van der Waals surface area contributed by atoms with E-state index in [0.29, 0.717) is 13.1 Å². The first-order valence-corrected chi connectivity index (χ1v) is 9.25. The van der Waals surface area contributed by atoms with Crippen LogP contribution in [0.2, 0.25) is 0 Å². The number of aryl methyl sites for hydroxylation is 1. The van der Waals surface area contributed by atoms with Crippen molar-refractivity contribution in [2.24, 2.45) is 0 Å². The van der Waals surface area contributed by atoms with Gasteiger partial charge in [0.1, 0.15) is 5.75 Å². The summed E-state index contributed by atoms with van der Waals surface area (Å²) in [6.07, 6.45) is 0.770. The van der Waals surface area contributed by atoms with E-state index < -0.39 is 15.6 Å². The minimum atomic E-state index is -3.60. The van der Waals surface area contributed by atoms with Crippen molar-refractivity contribution in [3.63, 3.8) is 0 Å². The van der Waals surface area contributed by atoms with Gasteiger partial charge < -0.3 is 4.90 Å². The summed E-state index contributed by atoms with van der Waals surface area (Å²) in [4.78, 5) is 14.3. The Bertz CT molecular complexity index is 843. The first-order chi connectivity index (χ1) is 11.0. The van der Waals surface area contributed by atoms with Gasteiger partial charge in [-0.25, -0.2) is 8.42 Å². The minimum Gasteiger partial charge on any atom is -0.337 e. The molecule has 1 aliphatic heterocycles. The van der Waals surface area contributed by atoms with Gasteiger partial charge in [0, 0.05) is 13.1 Å². The lowest BCUT2D eigenvalue weighted by Crippen LogP contribution is -2.39. The normalized spacial score (nSPS) is 14.4. The molecule has 2 aromatic rings. The van der Waals surface area contributed by atoms with Crippen LogP contribution in [-0.4, -0.2) is 31.5 Å². The fourth-order valence-corrected chi connectivity index (χ4v) is 4.18. The van der Waals surface area contributed by atoms with Crippen molar-refractivity contribution in [1.82, 2.24) is 4.90 Å². The van der Waals surface area contributed by atoms with Gasteiger partial charge in [0.25, 0.3) is 0 Å². The highest BCUT2D eigenvalue weighted by atomic mass is 32.2.